The van der Waals surface area contributed by atoms with Crippen molar-refractivity contribution in [2.45, 2.75) is 51.2 Å². The van der Waals surface area contributed by atoms with Crippen molar-refractivity contribution in [1.82, 2.24) is 10.2 Å². The molecule has 0 saturated carbocycles. The zero-order chi connectivity index (χ0) is 13.8. The lowest BCUT2D eigenvalue weighted by molar-refractivity contribution is -0.137. The summed E-state index contributed by atoms with van der Waals surface area (Å²) in [6, 6.07) is -0.334. The Bertz CT molecular complexity index is 307. The number of nitrogens with zero attached hydrogens (tertiary/aromatic N) is 1. The van der Waals surface area contributed by atoms with E-state index < -0.39 is 11.6 Å². The van der Waals surface area contributed by atoms with Crippen molar-refractivity contribution < 1.29 is 19.8 Å². The van der Waals surface area contributed by atoms with Gasteiger partial charge in [-0.1, -0.05) is 0 Å². The van der Waals surface area contributed by atoms with E-state index in [1.807, 2.05) is 0 Å². The van der Waals surface area contributed by atoms with Crippen molar-refractivity contribution >= 4 is 12.0 Å². The van der Waals surface area contributed by atoms with Crippen molar-refractivity contribution in [2.24, 2.45) is 0 Å². The Morgan fingerprint density at radius 3 is 2.44 bits per heavy atom. The first-order valence-corrected chi connectivity index (χ1v) is 6.30. The van der Waals surface area contributed by atoms with Gasteiger partial charge in [0.05, 0.1) is 5.60 Å². The van der Waals surface area contributed by atoms with Crippen molar-refractivity contribution in [3.63, 3.8) is 0 Å². The van der Waals surface area contributed by atoms with Crippen molar-refractivity contribution in [2.75, 3.05) is 13.1 Å². The number of amides is 2. The van der Waals surface area contributed by atoms with E-state index in [2.05, 4.69) is 5.32 Å². The first-order valence-electron chi connectivity index (χ1n) is 6.30. The number of carboxylic acids is 1. The van der Waals surface area contributed by atoms with Crippen LogP contribution in [-0.4, -0.2) is 51.8 Å². The van der Waals surface area contributed by atoms with Gasteiger partial charge in [-0.05, 0) is 33.1 Å². The summed E-state index contributed by atoms with van der Waals surface area (Å²) in [7, 11) is 0. The van der Waals surface area contributed by atoms with Gasteiger partial charge in [0.2, 0.25) is 0 Å². The number of carbonyl (C=O) groups is 2. The number of hydrogen-bond acceptors (Lipinski definition) is 3. The SMILES string of the molecule is CC(CCC(=O)O)NC(=O)N1CCC(C)(O)CC1. The fourth-order valence-electron chi connectivity index (χ4n) is 1.91. The van der Waals surface area contributed by atoms with Crippen LogP contribution in [-0.2, 0) is 4.79 Å². The van der Waals surface area contributed by atoms with Gasteiger partial charge in [-0.3, -0.25) is 4.79 Å². The van der Waals surface area contributed by atoms with Gasteiger partial charge < -0.3 is 20.4 Å². The van der Waals surface area contributed by atoms with Crippen LogP contribution in [0.15, 0.2) is 0 Å². The number of aliphatic carboxylic acids is 1. The summed E-state index contributed by atoms with van der Waals surface area (Å²) >= 11 is 0. The van der Waals surface area contributed by atoms with Crippen molar-refractivity contribution in [1.29, 1.82) is 0 Å². The number of urea groups is 1. The second-order valence-electron chi connectivity index (χ2n) is 5.27. The van der Waals surface area contributed by atoms with Gasteiger partial charge in [-0.2, -0.15) is 0 Å². The van der Waals surface area contributed by atoms with E-state index in [9.17, 15) is 14.7 Å². The summed E-state index contributed by atoms with van der Waals surface area (Å²) in [6.45, 7) is 4.63. The molecule has 1 unspecified atom stereocenters. The molecule has 1 saturated heterocycles. The second-order valence-corrected chi connectivity index (χ2v) is 5.27. The van der Waals surface area contributed by atoms with E-state index in [1.54, 1.807) is 18.7 Å². The highest BCUT2D eigenvalue weighted by atomic mass is 16.4. The number of rotatable bonds is 4. The first kappa shape index (κ1) is 14.8. The van der Waals surface area contributed by atoms with Gasteiger partial charge in [0.1, 0.15) is 0 Å². The molecule has 0 aromatic carbocycles. The molecule has 104 valence electrons. The quantitative estimate of drug-likeness (QED) is 0.695. The largest absolute Gasteiger partial charge is 0.481 e. The summed E-state index contributed by atoms with van der Waals surface area (Å²) < 4.78 is 0. The second kappa shape index (κ2) is 6.04. The number of carboxylic acid groups (broad SMARTS) is 1. The highest BCUT2D eigenvalue weighted by Gasteiger charge is 2.29. The molecule has 2 amide bonds. The Balaban J connectivity index is 2.31. The van der Waals surface area contributed by atoms with Crippen LogP contribution in [0.25, 0.3) is 0 Å². The Hall–Kier alpha value is -1.30. The zero-order valence-corrected chi connectivity index (χ0v) is 11.0. The smallest absolute Gasteiger partial charge is 0.317 e. The topological polar surface area (TPSA) is 89.9 Å². The molecule has 1 rings (SSSR count). The van der Waals surface area contributed by atoms with Crippen LogP contribution in [0.3, 0.4) is 0 Å². The maximum atomic E-state index is 11.8. The van der Waals surface area contributed by atoms with Gasteiger partial charge in [0.25, 0.3) is 0 Å². The minimum Gasteiger partial charge on any atom is -0.481 e. The number of piperidine rings is 1. The standard InChI is InChI=1S/C12H22N2O4/c1-9(3-4-10(15)16)13-11(17)14-7-5-12(2,18)6-8-14/h9,18H,3-8H2,1-2H3,(H,13,17)(H,15,16). The molecular weight excluding hydrogens is 236 g/mol. The van der Waals surface area contributed by atoms with Gasteiger partial charge in [0.15, 0.2) is 0 Å². The molecule has 18 heavy (non-hydrogen) atoms. The van der Waals surface area contributed by atoms with Crippen LogP contribution >= 0.6 is 0 Å². The van der Waals surface area contributed by atoms with Crippen molar-refractivity contribution in [3.8, 4) is 0 Å². The van der Waals surface area contributed by atoms with E-state index in [4.69, 9.17) is 5.11 Å². The normalized spacial score (nSPS) is 20.3. The molecule has 3 N–H and O–H groups in total. The third-order valence-corrected chi connectivity index (χ3v) is 3.29. The highest BCUT2D eigenvalue weighted by Crippen LogP contribution is 2.21. The maximum Gasteiger partial charge on any atom is 0.317 e. The van der Waals surface area contributed by atoms with Crippen LogP contribution in [0.4, 0.5) is 4.79 Å². The Kier molecular flexibility index (Phi) is 4.95. The van der Waals surface area contributed by atoms with E-state index in [1.165, 1.54) is 0 Å². The molecule has 0 aromatic rings. The van der Waals surface area contributed by atoms with Gasteiger partial charge >= 0.3 is 12.0 Å². The zero-order valence-electron chi connectivity index (χ0n) is 11.0. The number of nitrogens with one attached hydrogen (secondary N) is 1. The highest BCUT2D eigenvalue weighted by molar-refractivity contribution is 5.74. The number of likely N-dealkylation sites (tertiary alicyclic amines) is 1. The fourth-order valence-corrected chi connectivity index (χ4v) is 1.91. The Morgan fingerprint density at radius 2 is 1.94 bits per heavy atom. The molecule has 1 aliphatic rings. The maximum absolute atomic E-state index is 11.8. The monoisotopic (exact) mass is 258 g/mol. The minimum atomic E-state index is -0.856. The lowest BCUT2D eigenvalue weighted by Crippen LogP contribution is -2.50. The Labute approximate surface area is 107 Å². The summed E-state index contributed by atoms with van der Waals surface area (Å²) in [5.41, 5.74) is -0.675. The summed E-state index contributed by atoms with van der Waals surface area (Å²) in [6.07, 6.45) is 1.62. The van der Waals surface area contributed by atoms with Gasteiger partial charge in [-0.15, -0.1) is 0 Å². The molecule has 6 nitrogen and oxygen atoms in total. The summed E-state index contributed by atoms with van der Waals surface area (Å²) in [5, 5.41) is 21.1. The third kappa shape index (κ3) is 4.91. The van der Waals surface area contributed by atoms with Crippen LogP contribution in [0.2, 0.25) is 0 Å². The van der Waals surface area contributed by atoms with Crippen molar-refractivity contribution in [3.05, 3.63) is 0 Å². The predicted octanol–water partition coefficient (Wildman–Crippen LogP) is 0.796. The minimum absolute atomic E-state index is 0.0517. The summed E-state index contributed by atoms with van der Waals surface area (Å²) in [4.78, 5) is 23.9. The van der Waals surface area contributed by atoms with E-state index >= 15 is 0 Å². The average Bonchev–Trinajstić information content (AvgIpc) is 2.26. The molecule has 0 radical (unpaired) electrons. The van der Waals surface area contributed by atoms with Crippen LogP contribution < -0.4 is 5.32 Å². The molecule has 1 atom stereocenters. The third-order valence-electron chi connectivity index (χ3n) is 3.29. The molecule has 1 heterocycles. The molecule has 0 spiro atoms. The first-order chi connectivity index (χ1) is 8.30. The predicted molar refractivity (Wildman–Crippen MR) is 66.3 cm³/mol. The van der Waals surface area contributed by atoms with Crippen LogP contribution in [0.1, 0.15) is 39.5 Å². The van der Waals surface area contributed by atoms with E-state index in [0.717, 1.165) is 0 Å². The molecule has 0 aliphatic carbocycles. The Morgan fingerprint density at radius 1 is 1.39 bits per heavy atom. The molecule has 0 bridgehead atoms. The van der Waals surface area contributed by atoms with Gasteiger partial charge in [0, 0.05) is 25.6 Å². The fraction of sp³-hybridized carbons (Fsp3) is 0.833. The molecule has 6 heteroatoms. The number of carbonyl (C=O) groups excluding carboxylic acids is 1. The lowest BCUT2D eigenvalue weighted by Gasteiger charge is -2.36. The molecule has 1 fully saturated rings. The lowest BCUT2D eigenvalue weighted by atomic mass is 9.94. The van der Waals surface area contributed by atoms with Gasteiger partial charge in [-0.25, -0.2) is 4.79 Å². The number of aliphatic hydroxyl groups is 1. The average molecular weight is 258 g/mol. The van der Waals surface area contributed by atoms with E-state index in [-0.39, 0.29) is 18.5 Å². The molecule has 1 aliphatic heterocycles. The van der Waals surface area contributed by atoms with Crippen LogP contribution in [0, 0.1) is 0 Å². The van der Waals surface area contributed by atoms with Crippen LogP contribution in [0.5, 0.6) is 0 Å². The molecule has 0 aromatic heterocycles. The number of hydrogen-bond donors (Lipinski definition) is 3. The molecular formula is C12H22N2O4. The summed E-state index contributed by atoms with van der Waals surface area (Å²) in [5.74, 6) is -0.856. The van der Waals surface area contributed by atoms with E-state index in [0.29, 0.717) is 32.4 Å².